The van der Waals surface area contributed by atoms with E-state index in [4.69, 9.17) is 5.73 Å². The van der Waals surface area contributed by atoms with Gasteiger partial charge in [0.25, 0.3) is 0 Å². The van der Waals surface area contributed by atoms with Gasteiger partial charge in [0.15, 0.2) is 0 Å². The average Bonchev–Trinajstić information content (AvgIpc) is 2.65. The third kappa shape index (κ3) is 5.19. The predicted octanol–water partition coefficient (Wildman–Crippen LogP) is 3.06. The largest absolute Gasteiger partial charge is 0.369 e. The summed E-state index contributed by atoms with van der Waals surface area (Å²) in [4.78, 5) is 26.5. The number of benzene rings is 2. The number of nitrogens with two attached hydrogens (primary N) is 1. The standard InChI is InChI=1S/C22H28N2O2/c1-16(14-18-10-6-4-7-11-18)22(26)24(3)17(2)20(21(23)25)15-19-12-8-5-9-13-19/h4-13,16-17,20H,14-15H2,1-3H3,(H2,23,25). The van der Waals surface area contributed by atoms with E-state index in [-0.39, 0.29) is 23.8 Å². The first-order valence-corrected chi connectivity index (χ1v) is 9.04. The highest BCUT2D eigenvalue weighted by atomic mass is 16.2. The lowest BCUT2D eigenvalue weighted by Gasteiger charge is -2.32. The fraction of sp³-hybridized carbons (Fsp3) is 0.364. The van der Waals surface area contributed by atoms with Gasteiger partial charge in [0.05, 0.1) is 5.92 Å². The van der Waals surface area contributed by atoms with Crippen molar-refractivity contribution in [2.45, 2.75) is 32.7 Å². The Bertz CT molecular complexity index is 715. The van der Waals surface area contributed by atoms with Crippen LogP contribution in [0.3, 0.4) is 0 Å². The lowest BCUT2D eigenvalue weighted by atomic mass is 9.90. The molecule has 0 heterocycles. The zero-order valence-electron chi connectivity index (χ0n) is 15.8. The van der Waals surface area contributed by atoms with Crippen LogP contribution in [0.2, 0.25) is 0 Å². The lowest BCUT2D eigenvalue weighted by molar-refractivity contribution is -0.137. The number of hydrogen-bond donors (Lipinski definition) is 1. The van der Waals surface area contributed by atoms with Gasteiger partial charge >= 0.3 is 0 Å². The van der Waals surface area contributed by atoms with Crippen molar-refractivity contribution in [2.75, 3.05) is 7.05 Å². The van der Waals surface area contributed by atoms with Crippen molar-refractivity contribution in [2.24, 2.45) is 17.6 Å². The third-order valence-corrected chi connectivity index (χ3v) is 5.01. The summed E-state index contributed by atoms with van der Waals surface area (Å²) in [7, 11) is 1.76. The number of hydrogen-bond acceptors (Lipinski definition) is 2. The van der Waals surface area contributed by atoms with Gasteiger partial charge in [-0.05, 0) is 30.9 Å². The van der Waals surface area contributed by atoms with Crippen LogP contribution in [-0.4, -0.2) is 29.8 Å². The van der Waals surface area contributed by atoms with Gasteiger partial charge in [0.1, 0.15) is 0 Å². The molecule has 2 aromatic carbocycles. The van der Waals surface area contributed by atoms with Gasteiger partial charge in [-0.2, -0.15) is 0 Å². The van der Waals surface area contributed by atoms with Gasteiger partial charge < -0.3 is 10.6 Å². The minimum Gasteiger partial charge on any atom is -0.369 e. The second kappa shape index (κ2) is 9.18. The van der Waals surface area contributed by atoms with Gasteiger partial charge in [-0.3, -0.25) is 9.59 Å². The summed E-state index contributed by atoms with van der Waals surface area (Å²) < 4.78 is 0. The van der Waals surface area contributed by atoms with E-state index in [1.54, 1.807) is 11.9 Å². The molecule has 0 saturated carbocycles. The third-order valence-electron chi connectivity index (χ3n) is 5.01. The molecule has 2 amide bonds. The van der Waals surface area contributed by atoms with Crippen molar-refractivity contribution in [1.29, 1.82) is 0 Å². The Labute approximate surface area is 156 Å². The molecule has 138 valence electrons. The van der Waals surface area contributed by atoms with E-state index in [0.717, 1.165) is 11.1 Å². The van der Waals surface area contributed by atoms with Crippen molar-refractivity contribution < 1.29 is 9.59 Å². The lowest BCUT2D eigenvalue weighted by Crippen LogP contribution is -2.47. The fourth-order valence-corrected chi connectivity index (χ4v) is 3.25. The molecule has 3 atom stereocenters. The monoisotopic (exact) mass is 352 g/mol. The van der Waals surface area contributed by atoms with Crippen LogP contribution in [0.1, 0.15) is 25.0 Å². The first-order valence-electron chi connectivity index (χ1n) is 9.04. The summed E-state index contributed by atoms with van der Waals surface area (Å²) >= 11 is 0. The highest BCUT2D eigenvalue weighted by Gasteiger charge is 2.30. The number of rotatable bonds is 8. The molecule has 2 aromatic rings. The molecular weight excluding hydrogens is 324 g/mol. The Balaban J connectivity index is 2.05. The van der Waals surface area contributed by atoms with Crippen LogP contribution in [0, 0.1) is 11.8 Å². The Morgan fingerprint density at radius 3 is 1.81 bits per heavy atom. The van der Waals surface area contributed by atoms with Gasteiger partial charge in [-0.1, -0.05) is 67.6 Å². The molecule has 2 rings (SSSR count). The zero-order chi connectivity index (χ0) is 19.1. The van der Waals surface area contributed by atoms with Crippen molar-refractivity contribution in [3.63, 3.8) is 0 Å². The van der Waals surface area contributed by atoms with Crippen molar-refractivity contribution in [1.82, 2.24) is 4.90 Å². The van der Waals surface area contributed by atoms with Gasteiger partial charge in [-0.15, -0.1) is 0 Å². The maximum Gasteiger partial charge on any atom is 0.225 e. The first kappa shape index (κ1) is 19.7. The van der Waals surface area contributed by atoms with E-state index in [9.17, 15) is 9.59 Å². The summed E-state index contributed by atoms with van der Waals surface area (Å²) in [5.41, 5.74) is 7.82. The van der Waals surface area contributed by atoms with Gasteiger partial charge in [0, 0.05) is 19.0 Å². The summed E-state index contributed by atoms with van der Waals surface area (Å²) in [5, 5.41) is 0. The Morgan fingerprint density at radius 2 is 1.35 bits per heavy atom. The molecule has 4 heteroatoms. The summed E-state index contributed by atoms with van der Waals surface area (Å²) in [5.74, 6) is -0.928. The van der Waals surface area contributed by atoms with Crippen LogP contribution >= 0.6 is 0 Å². The first-order chi connectivity index (χ1) is 12.4. The molecule has 0 spiro atoms. The molecule has 0 aromatic heterocycles. The molecule has 0 fully saturated rings. The predicted molar refractivity (Wildman–Crippen MR) is 104 cm³/mol. The minimum absolute atomic E-state index is 0.0284. The maximum atomic E-state index is 12.8. The average molecular weight is 352 g/mol. The van der Waals surface area contributed by atoms with Gasteiger partial charge in [0.2, 0.25) is 11.8 Å². The summed E-state index contributed by atoms with van der Waals surface area (Å²) in [6.07, 6.45) is 1.21. The topological polar surface area (TPSA) is 63.4 Å². The van der Waals surface area contributed by atoms with E-state index >= 15 is 0 Å². The molecule has 4 nitrogen and oxygen atoms in total. The smallest absolute Gasteiger partial charge is 0.225 e. The molecule has 2 N–H and O–H groups in total. The number of carbonyl (C=O) groups is 2. The highest BCUT2D eigenvalue weighted by molar-refractivity contribution is 5.81. The molecule has 3 unspecified atom stereocenters. The van der Waals surface area contributed by atoms with Crippen LogP contribution < -0.4 is 5.73 Å². The SMILES string of the molecule is CC(Cc1ccccc1)C(=O)N(C)C(C)C(Cc1ccccc1)C(N)=O. The van der Waals surface area contributed by atoms with Crippen LogP contribution in [0.25, 0.3) is 0 Å². The molecule has 0 aliphatic carbocycles. The maximum absolute atomic E-state index is 12.8. The van der Waals surface area contributed by atoms with Crippen molar-refractivity contribution in [3.05, 3.63) is 71.8 Å². The van der Waals surface area contributed by atoms with Crippen molar-refractivity contribution in [3.8, 4) is 0 Å². The van der Waals surface area contributed by atoms with E-state index in [2.05, 4.69) is 0 Å². The molecule has 0 aliphatic heterocycles. The van der Waals surface area contributed by atoms with Crippen molar-refractivity contribution >= 4 is 11.8 Å². The van der Waals surface area contributed by atoms with Gasteiger partial charge in [-0.25, -0.2) is 0 Å². The van der Waals surface area contributed by atoms with E-state index in [1.165, 1.54) is 0 Å². The Hall–Kier alpha value is -2.62. The molecule has 0 aliphatic rings. The fourth-order valence-electron chi connectivity index (χ4n) is 3.25. The Morgan fingerprint density at radius 1 is 0.885 bits per heavy atom. The van der Waals surface area contributed by atoms with Crippen LogP contribution in [0.5, 0.6) is 0 Å². The molecule has 0 bridgehead atoms. The molecule has 0 radical (unpaired) electrons. The number of amides is 2. The van der Waals surface area contributed by atoms with Crippen LogP contribution in [0.4, 0.5) is 0 Å². The van der Waals surface area contributed by atoms with E-state index in [1.807, 2.05) is 74.5 Å². The number of nitrogens with zero attached hydrogens (tertiary/aromatic N) is 1. The second-order valence-corrected chi connectivity index (χ2v) is 6.98. The normalized spacial score (nSPS) is 14.3. The summed E-state index contributed by atoms with van der Waals surface area (Å²) in [6.45, 7) is 3.82. The number of carbonyl (C=O) groups excluding carboxylic acids is 2. The second-order valence-electron chi connectivity index (χ2n) is 6.98. The van der Waals surface area contributed by atoms with Crippen LogP contribution in [0.15, 0.2) is 60.7 Å². The van der Waals surface area contributed by atoms with E-state index in [0.29, 0.717) is 12.8 Å². The minimum atomic E-state index is -0.421. The molecule has 0 saturated heterocycles. The highest BCUT2D eigenvalue weighted by Crippen LogP contribution is 2.19. The van der Waals surface area contributed by atoms with Crippen LogP contribution in [-0.2, 0) is 22.4 Å². The Kier molecular flexibility index (Phi) is 6.96. The quantitative estimate of drug-likeness (QED) is 0.793. The zero-order valence-corrected chi connectivity index (χ0v) is 15.8. The summed E-state index contributed by atoms with van der Waals surface area (Å²) in [6, 6.07) is 19.5. The molecular formula is C22H28N2O2. The number of primary amides is 1. The molecule has 26 heavy (non-hydrogen) atoms. The van der Waals surface area contributed by atoms with E-state index < -0.39 is 5.92 Å².